The van der Waals surface area contributed by atoms with Gasteiger partial charge in [0.05, 0.1) is 21.3 Å². The molecule has 1 amide bonds. The van der Waals surface area contributed by atoms with Crippen molar-refractivity contribution in [1.82, 2.24) is 10.2 Å². The Labute approximate surface area is 174 Å². The summed E-state index contributed by atoms with van der Waals surface area (Å²) in [6, 6.07) is 4.46. The highest BCUT2D eigenvalue weighted by molar-refractivity contribution is 5.91. The molecule has 0 unspecified atom stereocenters. The molecule has 0 radical (unpaired) electrons. The van der Waals surface area contributed by atoms with E-state index in [9.17, 15) is 4.79 Å². The molecule has 1 aliphatic heterocycles. The van der Waals surface area contributed by atoms with Crippen molar-refractivity contribution < 1.29 is 19.0 Å². The molecule has 6 nitrogen and oxygen atoms in total. The summed E-state index contributed by atoms with van der Waals surface area (Å²) < 4.78 is 16.0. The number of benzene rings is 1. The van der Waals surface area contributed by atoms with Crippen LogP contribution in [0, 0.1) is 5.92 Å². The lowest BCUT2D eigenvalue weighted by Gasteiger charge is -2.36. The van der Waals surface area contributed by atoms with Gasteiger partial charge in [-0.05, 0) is 68.5 Å². The van der Waals surface area contributed by atoms with Crippen molar-refractivity contribution in [2.45, 2.75) is 44.6 Å². The molecule has 1 aromatic rings. The van der Waals surface area contributed by atoms with E-state index in [0.29, 0.717) is 23.2 Å². The lowest BCUT2D eigenvalue weighted by molar-refractivity contribution is -0.116. The Morgan fingerprint density at radius 1 is 1.03 bits per heavy atom. The Morgan fingerprint density at radius 2 is 1.66 bits per heavy atom. The minimum absolute atomic E-state index is 0.0722. The van der Waals surface area contributed by atoms with Crippen LogP contribution in [0.25, 0.3) is 6.08 Å². The van der Waals surface area contributed by atoms with Crippen LogP contribution in [0.2, 0.25) is 0 Å². The first kappa shape index (κ1) is 21.5. The number of nitrogens with zero attached hydrogens (tertiary/aromatic N) is 1. The van der Waals surface area contributed by atoms with Crippen molar-refractivity contribution >= 4 is 12.0 Å². The quantitative estimate of drug-likeness (QED) is 0.675. The molecular weight excluding hydrogens is 368 g/mol. The summed E-state index contributed by atoms with van der Waals surface area (Å²) in [5, 5.41) is 3.06. The molecule has 160 valence electrons. The summed E-state index contributed by atoms with van der Waals surface area (Å²) in [4.78, 5) is 14.9. The standard InChI is InChI=1S/C23H34N2O4/c1-27-20-14-18(15-21(28-2)23(20)29-3)8-9-22(26)24-16-17-10-12-25(13-11-17)19-6-4-5-7-19/h8-9,14-15,17,19H,4-7,10-13,16H2,1-3H3,(H,24,26)/b9-8+. The molecule has 1 heterocycles. The third-order valence-electron chi connectivity index (χ3n) is 6.17. The van der Waals surface area contributed by atoms with Gasteiger partial charge in [-0.3, -0.25) is 4.79 Å². The first-order valence-electron chi connectivity index (χ1n) is 10.6. The van der Waals surface area contributed by atoms with E-state index in [1.807, 2.05) is 12.1 Å². The molecule has 1 saturated heterocycles. The van der Waals surface area contributed by atoms with Gasteiger partial charge in [-0.15, -0.1) is 0 Å². The monoisotopic (exact) mass is 402 g/mol. The van der Waals surface area contributed by atoms with Crippen molar-refractivity contribution in [2.75, 3.05) is 41.0 Å². The van der Waals surface area contributed by atoms with Crippen LogP contribution in [-0.2, 0) is 4.79 Å². The van der Waals surface area contributed by atoms with Gasteiger partial charge in [-0.1, -0.05) is 12.8 Å². The molecule has 29 heavy (non-hydrogen) atoms. The second-order valence-electron chi connectivity index (χ2n) is 7.95. The lowest BCUT2D eigenvalue weighted by Crippen LogP contribution is -2.42. The van der Waals surface area contributed by atoms with Crippen LogP contribution < -0.4 is 19.5 Å². The van der Waals surface area contributed by atoms with E-state index in [4.69, 9.17) is 14.2 Å². The van der Waals surface area contributed by atoms with E-state index in [-0.39, 0.29) is 5.91 Å². The predicted molar refractivity (Wildman–Crippen MR) is 115 cm³/mol. The van der Waals surface area contributed by atoms with Gasteiger partial charge >= 0.3 is 0 Å². The molecule has 2 aliphatic rings. The van der Waals surface area contributed by atoms with Gasteiger partial charge in [-0.2, -0.15) is 0 Å². The molecule has 0 atom stereocenters. The maximum Gasteiger partial charge on any atom is 0.244 e. The summed E-state index contributed by atoms with van der Waals surface area (Å²) in [6.07, 6.45) is 11.2. The number of rotatable bonds is 8. The van der Waals surface area contributed by atoms with Crippen molar-refractivity contribution in [2.24, 2.45) is 5.92 Å². The van der Waals surface area contributed by atoms with Crippen LogP contribution >= 0.6 is 0 Å². The third-order valence-corrected chi connectivity index (χ3v) is 6.17. The molecule has 0 aromatic heterocycles. The maximum atomic E-state index is 12.3. The Kier molecular flexibility index (Phi) is 7.81. The molecule has 3 rings (SSSR count). The number of nitrogens with one attached hydrogen (secondary N) is 1. The average Bonchev–Trinajstić information content (AvgIpc) is 3.30. The fourth-order valence-electron chi connectivity index (χ4n) is 4.46. The van der Waals surface area contributed by atoms with Crippen LogP contribution in [0.4, 0.5) is 0 Å². The number of carbonyl (C=O) groups excluding carboxylic acids is 1. The molecule has 0 bridgehead atoms. The SMILES string of the molecule is COc1cc(/C=C/C(=O)NCC2CCN(C3CCCC3)CC2)cc(OC)c1OC. The molecule has 1 N–H and O–H groups in total. The van der Waals surface area contributed by atoms with Crippen LogP contribution in [0.1, 0.15) is 44.1 Å². The molecule has 6 heteroatoms. The Hall–Kier alpha value is -2.21. The van der Waals surface area contributed by atoms with Gasteiger partial charge in [0.2, 0.25) is 11.7 Å². The van der Waals surface area contributed by atoms with Gasteiger partial charge in [0.1, 0.15) is 0 Å². The van der Waals surface area contributed by atoms with E-state index >= 15 is 0 Å². The van der Waals surface area contributed by atoms with Gasteiger partial charge in [0.25, 0.3) is 0 Å². The van der Waals surface area contributed by atoms with E-state index in [1.54, 1.807) is 33.5 Å². The van der Waals surface area contributed by atoms with E-state index in [2.05, 4.69) is 10.2 Å². The summed E-state index contributed by atoms with van der Waals surface area (Å²) in [5.41, 5.74) is 0.819. The zero-order valence-corrected chi connectivity index (χ0v) is 17.9. The van der Waals surface area contributed by atoms with Crippen molar-refractivity contribution in [3.8, 4) is 17.2 Å². The molecule has 2 fully saturated rings. The van der Waals surface area contributed by atoms with Gasteiger partial charge in [0, 0.05) is 18.7 Å². The smallest absolute Gasteiger partial charge is 0.244 e. The van der Waals surface area contributed by atoms with Crippen molar-refractivity contribution in [3.05, 3.63) is 23.8 Å². The van der Waals surface area contributed by atoms with E-state index < -0.39 is 0 Å². The maximum absolute atomic E-state index is 12.3. The summed E-state index contributed by atoms with van der Waals surface area (Å²) in [7, 11) is 4.73. The number of likely N-dealkylation sites (tertiary alicyclic amines) is 1. The minimum atomic E-state index is -0.0722. The zero-order chi connectivity index (χ0) is 20.6. The second-order valence-corrected chi connectivity index (χ2v) is 7.95. The molecule has 1 aromatic carbocycles. The van der Waals surface area contributed by atoms with Gasteiger partial charge in [-0.25, -0.2) is 0 Å². The highest BCUT2D eigenvalue weighted by Gasteiger charge is 2.27. The van der Waals surface area contributed by atoms with Crippen molar-refractivity contribution in [1.29, 1.82) is 0 Å². The van der Waals surface area contributed by atoms with Crippen LogP contribution in [-0.4, -0.2) is 57.8 Å². The van der Waals surface area contributed by atoms with E-state index in [1.165, 1.54) is 51.6 Å². The minimum Gasteiger partial charge on any atom is -0.493 e. The van der Waals surface area contributed by atoms with Crippen molar-refractivity contribution in [3.63, 3.8) is 0 Å². The van der Waals surface area contributed by atoms with Crippen LogP contribution in [0.5, 0.6) is 17.2 Å². The number of hydrogen-bond acceptors (Lipinski definition) is 5. The second kappa shape index (κ2) is 10.5. The first-order chi connectivity index (χ1) is 14.1. The Bertz CT molecular complexity index is 680. The van der Waals surface area contributed by atoms with Gasteiger partial charge in [0.15, 0.2) is 11.5 Å². The average molecular weight is 403 g/mol. The van der Waals surface area contributed by atoms with Gasteiger partial charge < -0.3 is 24.4 Å². The number of ether oxygens (including phenoxy) is 3. The molecule has 1 saturated carbocycles. The number of carbonyl (C=O) groups is 1. The summed E-state index contributed by atoms with van der Waals surface area (Å²) in [5.74, 6) is 2.19. The predicted octanol–water partition coefficient (Wildman–Crippen LogP) is 3.50. The molecule has 1 aliphatic carbocycles. The number of piperidine rings is 1. The molecular formula is C23H34N2O4. The summed E-state index contributed by atoms with van der Waals surface area (Å²) >= 11 is 0. The first-order valence-corrected chi connectivity index (χ1v) is 10.6. The van der Waals surface area contributed by atoms with Crippen LogP contribution in [0.3, 0.4) is 0 Å². The third kappa shape index (κ3) is 5.66. The number of methoxy groups -OCH3 is 3. The van der Waals surface area contributed by atoms with Crippen LogP contribution in [0.15, 0.2) is 18.2 Å². The highest BCUT2D eigenvalue weighted by atomic mass is 16.5. The summed E-state index contributed by atoms with van der Waals surface area (Å²) in [6.45, 7) is 3.09. The number of amides is 1. The Balaban J connectivity index is 1.47. The fourth-order valence-corrected chi connectivity index (χ4v) is 4.46. The van der Waals surface area contributed by atoms with E-state index in [0.717, 1.165) is 18.2 Å². The highest BCUT2D eigenvalue weighted by Crippen LogP contribution is 2.38. The Morgan fingerprint density at radius 3 is 2.21 bits per heavy atom. The lowest BCUT2D eigenvalue weighted by atomic mass is 9.95. The number of hydrogen-bond donors (Lipinski definition) is 1. The topological polar surface area (TPSA) is 60.0 Å². The zero-order valence-electron chi connectivity index (χ0n) is 17.9. The fraction of sp³-hybridized carbons (Fsp3) is 0.609. The molecule has 0 spiro atoms. The largest absolute Gasteiger partial charge is 0.493 e. The normalized spacial score (nSPS) is 18.9.